The Morgan fingerprint density at radius 2 is 1.92 bits per heavy atom. The highest BCUT2D eigenvalue weighted by Crippen LogP contribution is 2.16. The molecule has 0 aromatic heterocycles. The molecule has 0 fully saturated rings. The van der Waals surface area contributed by atoms with E-state index in [1.165, 1.54) is 0 Å². The van der Waals surface area contributed by atoms with Gasteiger partial charge in [-0.2, -0.15) is 5.10 Å². The molecule has 0 unspecified atom stereocenters. The van der Waals surface area contributed by atoms with E-state index in [1.807, 2.05) is 0 Å². The quantitative estimate of drug-likeness (QED) is 0.376. The number of rotatable bonds is 4. The summed E-state index contributed by atoms with van der Waals surface area (Å²) < 4.78 is 0. The van der Waals surface area contributed by atoms with Crippen molar-refractivity contribution in [3.63, 3.8) is 0 Å². The third-order valence-electron chi connectivity index (χ3n) is 1.23. The maximum atomic E-state index is 3.99. The minimum atomic E-state index is 0.458. The molecule has 0 heterocycles. The van der Waals surface area contributed by atoms with E-state index < -0.39 is 0 Å². The van der Waals surface area contributed by atoms with Crippen LogP contribution < -0.4 is 0 Å². The molecule has 0 aliphatic rings. The van der Waals surface area contributed by atoms with Gasteiger partial charge in [-0.05, 0) is 5.92 Å². The van der Waals surface area contributed by atoms with Gasteiger partial charge < -0.3 is 0 Å². The van der Waals surface area contributed by atoms with Crippen molar-refractivity contribution in [3.8, 4) is 0 Å². The number of nitrogens with zero attached hydrogens (tertiary/aromatic N) is 2. The highest BCUT2D eigenvalue weighted by molar-refractivity contribution is 8.13. The fourth-order valence-corrected chi connectivity index (χ4v) is 1.59. The van der Waals surface area contributed by atoms with Crippen LogP contribution in [0.2, 0.25) is 0 Å². The van der Waals surface area contributed by atoms with Crippen LogP contribution in [0.25, 0.3) is 0 Å². The van der Waals surface area contributed by atoms with Crippen LogP contribution in [-0.2, 0) is 0 Å². The van der Waals surface area contributed by atoms with Crippen LogP contribution >= 0.6 is 11.8 Å². The van der Waals surface area contributed by atoms with E-state index in [1.54, 1.807) is 11.8 Å². The van der Waals surface area contributed by atoms with Gasteiger partial charge >= 0.3 is 0 Å². The first kappa shape index (κ1) is 11.7. The predicted molar refractivity (Wildman–Crippen MR) is 59.1 cm³/mol. The summed E-state index contributed by atoms with van der Waals surface area (Å²) in [6, 6.07) is 0. The number of hydrogen-bond acceptors (Lipinski definition) is 3. The first-order valence-electron chi connectivity index (χ1n) is 4.24. The highest BCUT2D eigenvalue weighted by atomic mass is 32.2. The van der Waals surface area contributed by atoms with Gasteiger partial charge in [-0.15, -0.1) is 16.9 Å². The van der Waals surface area contributed by atoms with Crippen LogP contribution in [0, 0.1) is 11.8 Å². The second-order valence-corrected chi connectivity index (χ2v) is 4.48. The summed E-state index contributed by atoms with van der Waals surface area (Å²) >= 11 is 1.78. The zero-order chi connectivity index (χ0) is 9.56. The lowest BCUT2D eigenvalue weighted by atomic mass is 10.2. The van der Waals surface area contributed by atoms with Gasteiger partial charge in [0.15, 0.2) is 0 Å². The van der Waals surface area contributed by atoms with Crippen LogP contribution in [0.1, 0.15) is 27.7 Å². The molecule has 0 radical (unpaired) electrons. The Morgan fingerprint density at radius 3 is 2.25 bits per heavy atom. The Kier molecular flexibility index (Phi) is 6.07. The maximum absolute atomic E-state index is 3.99. The lowest BCUT2D eigenvalue weighted by molar-refractivity contribution is 0.751. The minimum absolute atomic E-state index is 0.458. The van der Waals surface area contributed by atoms with Gasteiger partial charge in [-0.25, -0.2) is 0 Å². The Bertz CT molecular complexity index is 162. The van der Waals surface area contributed by atoms with E-state index >= 15 is 0 Å². The van der Waals surface area contributed by atoms with Crippen molar-refractivity contribution in [2.24, 2.45) is 22.0 Å². The molecule has 0 aromatic carbocycles. The van der Waals surface area contributed by atoms with Crippen LogP contribution in [0.4, 0.5) is 0 Å². The molecule has 0 rings (SSSR count). The second-order valence-electron chi connectivity index (χ2n) is 3.44. The Balaban J connectivity index is 3.97. The van der Waals surface area contributed by atoms with Crippen molar-refractivity contribution in [1.29, 1.82) is 0 Å². The third-order valence-corrected chi connectivity index (χ3v) is 2.91. The molecule has 12 heavy (non-hydrogen) atoms. The van der Waals surface area contributed by atoms with Crippen molar-refractivity contribution >= 4 is 23.5 Å². The van der Waals surface area contributed by atoms with Crippen molar-refractivity contribution in [2.45, 2.75) is 27.7 Å². The van der Waals surface area contributed by atoms with Gasteiger partial charge in [-0.3, -0.25) is 0 Å². The van der Waals surface area contributed by atoms with E-state index in [4.69, 9.17) is 0 Å². The molecule has 0 saturated carbocycles. The molecular formula is C9H18N2S. The Hall–Kier alpha value is -0.310. The molecular weight excluding hydrogens is 168 g/mol. The topological polar surface area (TPSA) is 24.7 Å². The lowest BCUT2D eigenvalue weighted by Gasteiger charge is -2.08. The van der Waals surface area contributed by atoms with Gasteiger partial charge in [0, 0.05) is 18.4 Å². The Labute approximate surface area is 79.5 Å². The summed E-state index contributed by atoms with van der Waals surface area (Å²) in [5.41, 5.74) is 0. The van der Waals surface area contributed by atoms with Gasteiger partial charge in [0.1, 0.15) is 0 Å². The standard InChI is InChI=1S/C9H18N2S/c1-7(2)6-12-9(8(3)4)11-10-5/h7-8H,5-6H2,1-4H3/b11-9-. The van der Waals surface area contributed by atoms with Crippen molar-refractivity contribution < 1.29 is 0 Å². The SMILES string of the molecule is C=N/N=C(\SCC(C)C)C(C)C. The van der Waals surface area contributed by atoms with Crippen molar-refractivity contribution in [1.82, 2.24) is 0 Å². The monoisotopic (exact) mass is 186 g/mol. The fourth-order valence-electron chi connectivity index (χ4n) is 0.633. The van der Waals surface area contributed by atoms with Gasteiger partial charge in [0.2, 0.25) is 0 Å². The molecule has 0 amide bonds. The summed E-state index contributed by atoms with van der Waals surface area (Å²) in [7, 11) is 0. The molecule has 0 bridgehead atoms. The van der Waals surface area contributed by atoms with Gasteiger partial charge in [-0.1, -0.05) is 27.7 Å². The minimum Gasteiger partial charge on any atom is -0.166 e. The summed E-state index contributed by atoms with van der Waals surface area (Å²) in [5, 5.41) is 8.62. The van der Waals surface area contributed by atoms with Gasteiger partial charge in [0.05, 0.1) is 5.04 Å². The van der Waals surface area contributed by atoms with Crippen LogP contribution in [0.5, 0.6) is 0 Å². The molecule has 0 aliphatic carbocycles. The third kappa shape index (κ3) is 5.35. The average molecular weight is 186 g/mol. The van der Waals surface area contributed by atoms with Crippen LogP contribution in [0.15, 0.2) is 10.2 Å². The normalized spacial score (nSPS) is 12.7. The maximum Gasteiger partial charge on any atom is 0.0983 e. The van der Waals surface area contributed by atoms with E-state index in [-0.39, 0.29) is 0 Å². The van der Waals surface area contributed by atoms with Gasteiger partial charge in [0.25, 0.3) is 0 Å². The summed E-state index contributed by atoms with van der Waals surface area (Å²) in [6.07, 6.45) is 0. The molecule has 0 aromatic rings. The van der Waals surface area contributed by atoms with E-state index in [9.17, 15) is 0 Å². The summed E-state index contributed by atoms with van der Waals surface area (Å²) in [6.45, 7) is 12.0. The second kappa shape index (κ2) is 6.23. The summed E-state index contributed by atoms with van der Waals surface area (Å²) in [5.74, 6) is 2.26. The zero-order valence-electron chi connectivity index (χ0n) is 8.37. The molecule has 70 valence electrons. The molecule has 2 nitrogen and oxygen atoms in total. The van der Waals surface area contributed by atoms with Crippen molar-refractivity contribution in [3.05, 3.63) is 0 Å². The smallest absolute Gasteiger partial charge is 0.0983 e. The molecule has 0 aliphatic heterocycles. The van der Waals surface area contributed by atoms with Crippen molar-refractivity contribution in [2.75, 3.05) is 5.75 Å². The zero-order valence-corrected chi connectivity index (χ0v) is 9.19. The molecule has 0 atom stereocenters. The Morgan fingerprint density at radius 1 is 1.33 bits per heavy atom. The first-order chi connectivity index (χ1) is 5.57. The summed E-state index contributed by atoms with van der Waals surface area (Å²) in [4.78, 5) is 0. The predicted octanol–water partition coefficient (Wildman–Crippen LogP) is 3.05. The van der Waals surface area contributed by atoms with Crippen LogP contribution in [-0.4, -0.2) is 17.5 Å². The number of thioether (sulfide) groups is 1. The fraction of sp³-hybridized carbons (Fsp3) is 0.778. The largest absolute Gasteiger partial charge is 0.166 e. The van der Waals surface area contributed by atoms with E-state index in [2.05, 4.69) is 44.6 Å². The molecule has 0 spiro atoms. The lowest BCUT2D eigenvalue weighted by Crippen LogP contribution is -2.05. The first-order valence-corrected chi connectivity index (χ1v) is 5.22. The molecule has 0 N–H and O–H groups in total. The molecule has 3 heteroatoms. The van der Waals surface area contributed by atoms with Crippen LogP contribution in [0.3, 0.4) is 0 Å². The average Bonchev–Trinajstić information content (AvgIpc) is 1.96. The molecule has 0 saturated heterocycles. The highest BCUT2D eigenvalue weighted by Gasteiger charge is 2.06. The van der Waals surface area contributed by atoms with E-state index in [0.717, 1.165) is 10.8 Å². The number of hydrogen-bond donors (Lipinski definition) is 0. The van der Waals surface area contributed by atoms with E-state index in [0.29, 0.717) is 11.8 Å².